The summed E-state index contributed by atoms with van der Waals surface area (Å²) >= 11 is 0. The molecule has 0 amide bonds. The smallest absolute Gasteiger partial charge is 0.344 e. The van der Waals surface area contributed by atoms with E-state index in [2.05, 4.69) is 4.98 Å². The van der Waals surface area contributed by atoms with Gasteiger partial charge in [0.1, 0.15) is 30.7 Å². The number of pyridine rings is 1. The number of benzene rings is 2. The molecule has 2 heterocycles. The number of fused-ring (bicyclic) bond motifs is 1. The van der Waals surface area contributed by atoms with Gasteiger partial charge in [-0.1, -0.05) is 18.2 Å². The van der Waals surface area contributed by atoms with Crippen molar-refractivity contribution in [1.29, 1.82) is 0 Å². The zero-order valence-electron chi connectivity index (χ0n) is 14.9. The van der Waals surface area contributed by atoms with E-state index in [1.54, 1.807) is 12.3 Å². The fourth-order valence-electron chi connectivity index (χ4n) is 2.87. The van der Waals surface area contributed by atoms with Gasteiger partial charge < -0.3 is 14.5 Å². The van der Waals surface area contributed by atoms with Crippen molar-refractivity contribution in [3.63, 3.8) is 0 Å². The van der Waals surface area contributed by atoms with E-state index in [9.17, 15) is 4.79 Å². The lowest BCUT2D eigenvalue weighted by Crippen LogP contribution is -2.28. The molecule has 0 aliphatic rings. The molecule has 4 rings (SSSR count). The molecule has 0 aliphatic heterocycles. The largest absolute Gasteiger partial charge is 0.457 e. The van der Waals surface area contributed by atoms with Crippen molar-refractivity contribution >= 4 is 16.9 Å². The van der Waals surface area contributed by atoms with Gasteiger partial charge in [-0.2, -0.15) is 0 Å². The molecule has 0 radical (unpaired) electrons. The van der Waals surface area contributed by atoms with Gasteiger partial charge in [0.2, 0.25) is 0 Å². The van der Waals surface area contributed by atoms with Crippen molar-refractivity contribution in [2.24, 2.45) is 7.05 Å². The van der Waals surface area contributed by atoms with Gasteiger partial charge in [0, 0.05) is 17.0 Å². The minimum atomic E-state index is -0.349. The molecule has 5 heteroatoms. The number of ether oxygens (including phenoxy) is 2. The predicted octanol–water partition coefficient (Wildman–Crippen LogP) is 4.14. The maximum absolute atomic E-state index is 12.2. The molecular weight excluding hydrogens is 340 g/mol. The number of aromatic nitrogens is 2. The number of aryl methyl sites for hydroxylation is 1. The molecule has 1 N–H and O–H groups in total. The predicted molar refractivity (Wildman–Crippen MR) is 102 cm³/mol. The van der Waals surface area contributed by atoms with Gasteiger partial charge in [0.05, 0.1) is 5.69 Å². The Morgan fingerprint density at radius 2 is 1.85 bits per heavy atom. The number of aromatic amines is 1. The lowest BCUT2D eigenvalue weighted by Gasteiger charge is -2.04. The molecule has 0 spiro atoms. The van der Waals surface area contributed by atoms with Crippen LogP contribution in [0, 0.1) is 0 Å². The van der Waals surface area contributed by atoms with E-state index in [0.717, 1.165) is 28.1 Å². The average molecular weight is 359 g/mol. The number of carbonyl (C=O) groups is 1. The van der Waals surface area contributed by atoms with Crippen LogP contribution in [0.2, 0.25) is 0 Å². The highest BCUT2D eigenvalue weighted by Gasteiger charge is 2.12. The lowest BCUT2D eigenvalue weighted by atomic mass is 10.2. The van der Waals surface area contributed by atoms with E-state index in [0.29, 0.717) is 5.56 Å². The number of esters is 1. The molecule has 0 saturated heterocycles. The fourth-order valence-corrected chi connectivity index (χ4v) is 2.87. The Hall–Kier alpha value is -3.60. The molecule has 0 saturated carbocycles. The van der Waals surface area contributed by atoms with E-state index < -0.39 is 0 Å². The summed E-state index contributed by atoms with van der Waals surface area (Å²) < 4.78 is 13.1. The van der Waals surface area contributed by atoms with E-state index in [4.69, 9.17) is 9.47 Å². The van der Waals surface area contributed by atoms with Gasteiger partial charge in [0.15, 0.2) is 12.4 Å². The quantitative estimate of drug-likeness (QED) is 0.430. The topological polar surface area (TPSA) is 55.2 Å². The van der Waals surface area contributed by atoms with Crippen molar-refractivity contribution in [2.45, 2.75) is 6.61 Å². The highest BCUT2D eigenvalue weighted by molar-refractivity contribution is 5.88. The molecule has 134 valence electrons. The van der Waals surface area contributed by atoms with Gasteiger partial charge in [-0.25, -0.2) is 9.36 Å². The van der Waals surface area contributed by atoms with Crippen LogP contribution in [0.1, 0.15) is 16.1 Å². The molecule has 5 nitrogen and oxygen atoms in total. The highest BCUT2D eigenvalue weighted by atomic mass is 16.5. The van der Waals surface area contributed by atoms with E-state index >= 15 is 0 Å². The number of carbonyl (C=O) groups excluding carboxylic acids is 1. The van der Waals surface area contributed by atoms with Crippen LogP contribution in [0.3, 0.4) is 0 Å². The minimum absolute atomic E-state index is 0.182. The first kappa shape index (κ1) is 16.8. The van der Waals surface area contributed by atoms with E-state index in [1.807, 2.05) is 78.5 Å². The Labute approximate surface area is 156 Å². The van der Waals surface area contributed by atoms with Crippen molar-refractivity contribution < 1.29 is 18.8 Å². The average Bonchev–Trinajstić information content (AvgIpc) is 3.09. The second-order valence-electron chi connectivity index (χ2n) is 6.29. The van der Waals surface area contributed by atoms with Gasteiger partial charge in [-0.3, -0.25) is 0 Å². The first-order chi connectivity index (χ1) is 13.2. The van der Waals surface area contributed by atoms with Crippen LogP contribution < -0.4 is 9.30 Å². The molecule has 4 aromatic rings. The summed E-state index contributed by atoms with van der Waals surface area (Å²) in [5.41, 5.74) is 2.32. The third kappa shape index (κ3) is 3.98. The van der Waals surface area contributed by atoms with E-state index in [-0.39, 0.29) is 12.6 Å². The summed E-state index contributed by atoms with van der Waals surface area (Å²) in [6, 6.07) is 21.0. The van der Waals surface area contributed by atoms with Crippen LogP contribution in [0.15, 0.2) is 79.1 Å². The summed E-state index contributed by atoms with van der Waals surface area (Å²) in [5.74, 6) is 1.20. The second kappa shape index (κ2) is 7.33. The number of rotatable bonds is 5. The van der Waals surface area contributed by atoms with Crippen LogP contribution in [0.5, 0.6) is 11.5 Å². The normalized spacial score (nSPS) is 10.7. The molecule has 0 fully saturated rings. The summed E-state index contributed by atoms with van der Waals surface area (Å²) in [6.45, 7) is 0.182. The second-order valence-corrected chi connectivity index (χ2v) is 6.29. The number of hydrogen-bond donors (Lipinski definition) is 1. The SMILES string of the molecule is C[n+]1cccc(C(=O)OCc2cc3cc(Oc4ccccc4)ccc3[nH]2)c1. The number of nitrogens with one attached hydrogen (secondary N) is 1. The van der Waals surface area contributed by atoms with Crippen molar-refractivity contribution in [2.75, 3.05) is 0 Å². The van der Waals surface area contributed by atoms with Gasteiger partial charge in [-0.05, 0) is 42.5 Å². The van der Waals surface area contributed by atoms with Gasteiger partial charge in [0.25, 0.3) is 0 Å². The van der Waals surface area contributed by atoms with E-state index in [1.165, 1.54) is 0 Å². The zero-order valence-corrected chi connectivity index (χ0v) is 14.9. The maximum Gasteiger partial charge on any atom is 0.344 e. The number of para-hydroxylation sites is 1. The Kier molecular flexibility index (Phi) is 4.58. The Morgan fingerprint density at radius 1 is 1.00 bits per heavy atom. The highest BCUT2D eigenvalue weighted by Crippen LogP contribution is 2.26. The van der Waals surface area contributed by atoms with Crippen LogP contribution in [-0.2, 0) is 18.4 Å². The number of hydrogen-bond acceptors (Lipinski definition) is 3. The third-order valence-corrected chi connectivity index (χ3v) is 4.16. The molecule has 0 atom stereocenters. The number of H-pyrrole nitrogens is 1. The van der Waals surface area contributed by atoms with Crippen LogP contribution in [0.25, 0.3) is 10.9 Å². The lowest BCUT2D eigenvalue weighted by molar-refractivity contribution is -0.671. The zero-order chi connectivity index (χ0) is 18.6. The minimum Gasteiger partial charge on any atom is -0.457 e. The maximum atomic E-state index is 12.2. The van der Waals surface area contributed by atoms with Gasteiger partial charge in [-0.15, -0.1) is 0 Å². The fraction of sp³-hybridized carbons (Fsp3) is 0.0909. The molecule has 2 aromatic heterocycles. The number of nitrogens with zero attached hydrogens (tertiary/aromatic N) is 1. The van der Waals surface area contributed by atoms with Crippen LogP contribution in [0.4, 0.5) is 0 Å². The summed E-state index contributed by atoms with van der Waals surface area (Å²) in [7, 11) is 1.86. The summed E-state index contributed by atoms with van der Waals surface area (Å²) in [5, 5.41) is 1.00. The first-order valence-electron chi connectivity index (χ1n) is 8.64. The third-order valence-electron chi connectivity index (χ3n) is 4.16. The van der Waals surface area contributed by atoms with Crippen molar-refractivity contribution in [1.82, 2.24) is 4.98 Å². The van der Waals surface area contributed by atoms with Crippen molar-refractivity contribution in [3.05, 3.63) is 90.4 Å². The summed E-state index contributed by atoms with van der Waals surface area (Å²) in [4.78, 5) is 15.4. The van der Waals surface area contributed by atoms with Crippen molar-refractivity contribution in [3.8, 4) is 11.5 Å². The molecule has 0 unspecified atom stereocenters. The van der Waals surface area contributed by atoms with Gasteiger partial charge >= 0.3 is 5.97 Å². The molecule has 2 aromatic carbocycles. The Bertz CT molecular complexity index is 1090. The Morgan fingerprint density at radius 3 is 2.67 bits per heavy atom. The Balaban J connectivity index is 1.46. The monoisotopic (exact) mass is 359 g/mol. The molecule has 27 heavy (non-hydrogen) atoms. The first-order valence-corrected chi connectivity index (χ1v) is 8.64. The standard InChI is InChI=1S/C22H19N2O3/c1-24-11-5-6-16(14-24)22(25)26-15-18-12-17-13-20(9-10-21(17)23-18)27-19-7-3-2-4-8-19/h2-14,23H,15H2,1H3/q+1. The van der Waals surface area contributed by atoms with Crippen LogP contribution >= 0.6 is 0 Å². The molecular formula is C22H19N2O3+. The summed E-state index contributed by atoms with van der Waals surface area (Å²) in [6.07, 6.45) is 3.60. The molecule has 0 aliphatic carbocycles. The van der Waals surface area contributed by atoms with Crippen LogP contribution in [-0.4, -0.2) is 11.0 Å². The molecule has 0 bridgehead atoms.